The zero-order valence-corrected chi connectivity index (χ0v) is 22.7. The van der Waals surface area contributed by atoms with E-state index < -0.39 is 0 Å². The highest BCUT2D eigenvalue weighted by atomic mass is 32.1. The van der Waals surface area contributed by atoms with Crippen LogP contribution < -0.4 is 10.6 Å². The van der Waals surface area contributed by atoms with Crippen LogP contribution in [0, 0.1) is 13.8 Å². The molecule has 0 unspecified atom stereocenters. The molecule has 4 heterocycles. The fourth-order valence-corrected chi connectivity index (χ4v) is 5.67. The second-order valence-corrected chi connectivity index (χ2v) is 9.89. The van der Waals surface area contributed by atoms with Gasteiger partial charge in [0, 0.05) is 42.4 Å². The van der Waals surface area contributed by atoms with Crippen LogP contribution in [0.5, 0.6) is 0 Å². The first-order chi connectivity index (χ1) is 18.5. The van der Waals surface area contributed by atoms with Crippen LogP contribution >= 0.6 is 12.2 Å². The lowest BCUT2D eigenvalue weighted by atomic mass is 9.96. The molecule has 2 N–H and O–H groups in total. The fourth-order valence-electron chi connectivity index (χ4n) is 5.34. The van der Waals surface area contributed by atoms with Gasteiger partial charge in [0.25, 0.3) is 0 Å². The number of rotatable bonds is 8. The lowest BCUT2D eigenvalue weighted by Gasteiger charge is -2.28. The zero-order valence-electron chi connectivity index (χ0n) is 21.9. The van der Waals surface area contributed by atoms with Crippen molar-refractivity contribution in [2.45, 2.75) is 45.7 Å². The molecule has 8 heteroatoms. The molecule has 194 valence electrons. The predicted octanol–water partition coefficient (Wildman–Crippen LogP) is 5.45. The van der Waals surface area contributed by atoms with Crippen LogP contribution in [0.4, 0.5) is 5.69 Å². The maximum atomic E-state index is 13.0. The zero-order chi connectivity index (χ0) is 26.6. The van der Waals surface area contributed by atoms with E-state index in [1.807, 2.05) is 54.7 Å². The van der Waals surface area contributed by atoms with Gasteiger partial charge < -0.3 is 20.1 Å². The van der Waals surface area contributed by atoms with Crippen molar-refractivity contribution in [3.63, 3.8) is 0 Å². The van der Waals surface area contributed by atoms with Crippen molar-refractivity contribution in [3.05, 3.63) is 107 Å². The van der Waals surface area contributed by atoms with Crippen molar-refractivity contribution < 1.29 is 4.79 Å². The van der Waals surface area contributed by atoms with Gasteiger partial charge in [-0.2, -0.15) is 0 Å². The molecule has 1 amide bonds. The monoisotopic (exact) mass is 524 g/mol. The smallest absolute Gasteiger partial charge is 0.226 e. The predicted molar refractivity (Wildman–Crippen MR) is 154 cm³/mol. The Labute approximate surface area is 228 Å². The van der Waals surface area contributed by atoms with Gasteiger partial charge in [0.1, 0.15) is 0 Å². The van der Waals surface area contributed by atoms with Gasteiger partial charge in [-0.3, -0.25) is 14.8 Å². The number of aryl methyl sites for hydroxylation is 2. The molecule has 38 heavy (non-hydrogen) atoms. The van der Waals surface area contributed by atoms with Crippen LogP contribution in [-0.4, -0.2) is 37.0 Å². The number of pyridine rings is 2. The van der Waals surface area contributed by atoms with Crippen LogP contribution in [0.2, 0.25) is 0 Å². The maximum Gasteiger partial charge on any atom is 0.226 e. The minimum Gasteiger partial charge on any atom is -0.352 e. The Morgan fingerprint density at radius 1 is 1.08 bits per heavy atom. The number of carbonyl (C=O) groups excluding carboxylic acids is 1. The Bertz CT molecular complexity index is 1440. The summed E-state index contributed by atoms with van der Waals surface area (Å²) in [5, 5.41) is 7.21. The highest BCUT2D eigenvalue weighted by Crippen LogP contribution is 2.41. The van der Waals surface area contributed by atoms with E-state index in [0.717, 1.165) is 46.0 Å². The van der Waals surface area contributed by atoms with Gasteiger partial charge in [-0.1, -0.05) is 31.2 Å². The highest BCUT2D eigenvalue weighted by Gasteiger charge is 2.41. The lowest BCUT2D eigenvalue weighted by molar-refractivity contribution is -0.116. The van der Waals surface area contributed by atoms with Crippen LogP contribution in [0.15, 0.2) is 79.3 Å². The summed E-state index contributed by atoms with van der Waals surface area (Å²) in [5.41, 5.74) is 7.27. The third-order valence-electron chi connectivity index (χ3n) is 7.14. The molecule has 1 aliphatic rings. The number of nitrogens with one attached hydrogen (secondary N) is 2. The number of para-hydroxylation sites is 1. The standard InChI is InChI=1S/C30H32N6OS/c1-4-22-10-5-6-12-25(22)33-27(37)14-17-35-29(28(34-30(35)38)26-13-7-8-16-32-26)24-18-20(2)36(21(24)3)23-11-9-15-31-19-23/h5-13,15-16,18-19,28-29H,4,14,17H2,1-3H3,(H,33,37)(H,34,38)/t28-,29+/m0/s1. The number of nitrogens with zero attached hydrogens (tertiary/aromatic N) is 4. The fraction of sp³-hybridized carbons (Fsp3) is 0.267. The molecule has 4 aromatic rings. The Hall–Kier alpha value is -4.04. The van der Waals surface area contributed by atoms with E-state index in [-0.39, 0.29) is 18.0 Å². The van der Waals surface area contributed by atoms with Gasteiger partial charge in [0.15, 0.2) is 5.11 Å². The number of hydrogen-bond acceptors (Lipinski definition) is 4. The van der Waals surface area contributed by atoms with Crippen molar-refractivity contribution in [2.75, 3.05) is 11.9 Å². The van der Waals surface area contributed by atoms with Gasteiger partial charge in [0.05, 0.1) is 29.7 Å². The molecule has 1 fully saturated rings. The molecular formula is C30H32N6OS. The number of carbonyl (C=O) groups is 1. The summed E-state index contributed by atoms with van der Waals surface area (Å²) < 4.78 is 2.21. The molecular weight excluding hydrogens is 492 g/mol. The van der Waals surface area contributed by atoms with E-state index >= 15 is 0 Å². The number of benzene rings is 1. The van der Waals surface area contributed by atoms with E-state index in [0.29, 0.717) is 18.1 Å². The summed E-state index contributed by atoms with van der Waals surface area (Å²) in [6.45, 7) is 6.79. The minimum absolute atomic E-state index is 0.0328. The third kappa shape index (κ3) is 5.04. The second kappa shape index (κ2) is 11.1. The summed E-state index contributed by atoms with van der Waals surface area (Å²) in [4.78, 5) is 24.1. The molecule has 3 aromatic heterocycles. The van der Waals surface area contributed by atoms with Crippen molar-refractivity contribution in [2.24, 2.45) is 0 Å². The Balaban J connectivity index is 1.45. The quantitative estimate of drug-likeness (QED) is 0.299. The molecule has 1 aromatic carbocycles. The van der Waals surface area contributed by atoms with Gasteiger partial charge in [-0.05, 0) is 80.0 Å². The van der Waals surface area contributed by atoms with E-state index in [4.69, 9.17) is 12.2 Å². The normalized spacial score (nSPS) is 16.9. The number of hydrogen-bond donors (Lipinski definition) is 2. The Morgan fingerprint density at radius 3 is 2.63 bits per heavy atom. The number of amides is 1. The molecule has 0 bridgehead atoms. The first kappa shape index (κ1) is 25.6. The summed E-state index contributed by atoms with van der Waals surface area (Å²) >= 11 is 5.83. The van der Waals surface area contributed by atoms with Crippen LogP contribution in [0.3, 0.4) is 0 Å². The first-order valence-electron chi connectivity index (χ1n) is 12.9. The van der Waals surface area contributed by atoms with Crippen molar-refractivity contribution in [3.8, 4) is 5.69 Å². The highest BCUT2D eigenvalue weighted by molar-refractivity contribution is 7.80. The van der Waals surface area contributed by atoms with Crippen LogP contribution in [0.25, 0.3) is 5.69 Å². The number of aromatic nitrogens is 3. The molecule has 0 radical (unpaired) electrons. The SMILES string of the molecule is CCc1ccccc1NC(=O)CCN1C(=S)N[C@@H](c2ccccn2)[C@H]1c1cc(C)n(-c2cccnc2)c1C. The van der Waals surface area contributed by atoms with Crippen LogP contribution in [0.1, 0.15) is 53.6 Å². The molecule has 0 saturated carbocycles. The van der Waals surface area contributed by atoms with Gasteiger partial charge in [-0.25, -0.2) is 0 Å². The third-order valence-corrected chi connectivity index (χ3v) is 7.50. The van der Waals surface area contributed by atoms with E-state index in [1.54, 1.807) is 12.4 Å². The number of anilines is 1. The number of thiocarbonyl (C=S) groups is 1. The Morgan fingerprint density at radius 2 is 1.89 bits per heavy atom. The van der Waals surface area contributed by atoms with E-state index in [2.05, 4.69) is 63.0 Å². The molecule has 1 aliphatic heterocycles. The molecule has 0 spiro atoms. The second-order valence-electron chi connectivity index (χ2n) is 9.50. The van der Waals surface area contributed by atoms with E-state index in [9.17, 15) is 4.79 Å². The summed E-state index contributed by atoms with van der Waals surface area (Å²) in [6.07, 6.45) is 6.62. The topological polar surface area (TPSA) is 75.1 Å². The average molecular weight is 525 g/mol. The largest absolute Gasteiger partial charge is 0.352 e. The van der Waals surface area contributed by atoms with Crippen molar-refractivity contribution in [1.82, 2.24) is 24.8 Å². The summed E-state index contributed by atoms with van der Waals surface area (Å²) in [7, 11) is 0. The van der Waals surface area contributed by atoms with Crippen molar-refractivity contribution >= 4 is 28.9 Å². The molecule has 7 nitrogen and oxygen atoms in total. The molecule has 2 atom stereocenters. The van der Waals surface area contributed by atoms with E-state index in [1.165, 1.54) is 0 Å². The minimum atomic E-state index is -0.143. The summed E-state index contributed by atoms with van der Waals surface area (Å²) in [5.74, 6) is -0.0328. The lowest BCUT2D eigenvalue weighted by Crippen LogP contribution is -2.33. The summed E-state index contributed by atoms with van der Waals surface area (Å²) in [6, 6.07) is 19.8. The Kier molecular flexibility index (Phi) is 7.51. The maximum absolute atomic E-state index is 13.0. The molecule has 0 aliphatic carbocycles. The first-order valence-corrected chi connectivity index (χ1v) is 13.3. The molecule has 5 rings (SSSR count). The van der Waals surface area contributed by atoms with Gasteiger partial charge in [0.2, 0.25) is 5.91 Å². The van der Waals surface area contributed by atoms with Crippen LogP contribution in [-0.2, 0) is 11.2 Å². The average Bonchev–Trinajstić information content (AvgIpc) is 3.42. The van der Waals surface area contributed by atoms with Crippen molar-refractivity contribution in [1.29, 1.82) is 0 Å². The van der Waals surface area contributed by atoms with Gasteiger partial charge >= 0.3 is 0 Å². The van der Waals surface area contributed by atoms with Gasteiger partial charge in [-0.15, -0.1) is 0 Å². The molecule has 1 saturated heterocycles.